The van der Waals surface area contributed by atoms with Gasteiger partial charge >= 0.3 is 5.69 Å². The van der Waals surface area contributed by atoms with Crippen molar-refractivity contribution in [2.24, 2.45) is 0 Å². The van der Waals surface area contributed by atoms with Crippen molar-refractivity contribution < 1.29 is 9.53 Å². The number of para-hydroxylation sites is 1. The quantitative estimate of drug-likeness (QED) is 0.776. The first-order valence-electron chi connectivity index (χ1n) is 6.98. The SMILES string of the molecule is CCCn1c(N)c(C(=O)COc2ccccc2Cl)c(=O)[nH]c1=O. The van der Waals surface area contributed by atoms with E-state index in [1.165, 1.54) is 0 Å². The lowest BCUT2D eigenvalue weighted by Crippen LogP contribution is -2.37. The summed E-state index contributed by atoms with van der Waals surface area (Å²) >= 11 is 5.93. The zero-order chi connectivity index (χ0) is 17.0. The number of nitrogen functional groups attached to an aromatic ring is 1. The van der Waals surface area contributed by atoms with Crippen molar-refractivity contribution in [2.75, 3.05) is 12.3 Å². The zero-order valence-corrected chi connectivity index (χ0v) is 13.2. The van der Waals surface area contributed by atoms with Crippen molar-refractivity contribution in [3.05, 3.63) is 55.7 Å². The summed E-state index contributed by atoms with van der Waals surface area (Å²) in [7, 11) is 0. The maximum absolute atomic E-state index is 12.3. The average Bonchev–Trinajstić information content (AvgIpc) is 2.50. The van der Waals surface area contributed by atoms with Gasteiger partial charge in [-0.3, -0.25) is 19.1 Å². The number of Topliss-reactive ketones (excluding diaryl/α,β-unsaturated/α-hetero) is 1. The normalized spacial score (nSPS) is 10.5. The van der Waals surface area contributed by atoms with Gasteiger partial charge in [0.2, 0.25) is 5.78 Å². The molecular formula is C15H16ClN3O4. The maximum Gasteiger partial charge on any atom is 0.329 e. The number of hydrogen-bond acceptors (Lipinski definition) is 5. The van der Waals surface area contributed by atoms with Crippen molar-refractivity contribution in [1.29, 1.82) is 0 Å². The molecule has 0 fully saturated rings. The van der Waals surface area contributed by atoms with E-state index in [0.717, 1.165) is 4.57 Å². The molecule has 0 amide bonds. The first kappa shape index (κ1) is 16.8. The number of nitrogens with two attached hydrogens (primary N) is 1. The second kappa shape index (κ2) is 7.15. The van der Waals surface area contributed by atoms with E-state index < -0.39 is 23.6 Å². The Labute approximate surface area is 136 Å². The van der Waals surface area contributed by atoms with Crippen LogP contribution in [0, 0.1) is 0 Å². The van der Waals surface area contributed by atoms with Gasteiger partial charge in [0.25, 0.3) is 5.56 Å². The molecule has 0 unspecified atom stereocenters. The Morgan fingerprint density at radius 1 is 1.35 bits per heavy atom. The maximum atomic E-state index is 12.3. The van der Waals surface area contributed by atoms with Gasteiger partial charge in [-0.2, -0.15) is 0 Å². The molecule has 1 aromatic heterocycles. The zero-order valence-electron chi connectivity index (χ0n) is 12.5. The lowest BCUT2D eigenvalue weighted by molar-refractivity contribution is 0.0920. The first-order chi connectivity index (χ1) is 11.0. The molecule has 0 saturated carbocycles. The molecule has 8 heteroatoms. The van der Waals surface area contributed by atoms with Gasteiger partial charge in [0.05, 0.1) is 5.02 Å². The molecule has 1 heterocycles. The lowest BCUT2D eigenvalue weighted by atomic mass is 10.2. The first-order valence-corrected chi connectivity index (χ1v) is 7.36. The Bertz CT molecular complexity index is 841. The number of ether oxygens (including phenoxy) is 1. The van der Waals surface area contributed by atoms with E-state index in [4.69, 9.17) is 22.1 Å². The summed E-state index contributed by atoms with van der Waals surface area (Å²) < 4.78 is 6.47. The summed E-state index contributed by atoms with van der Waals surface area (Å²) in [5.41, 5.74) is 4.06. The van der Waals surface area contributed by atoms with Crippen LogP contribution in [-0.4, -0.2) is 21.9 Å². The predicted octanol–water partition coefficient (Wildman–Crippen LogP) is 1.44. The Hall–Kier alpha value is -2.54. The molecule has 0 saturated heterocycles. The molecule has 2 aromatic rings. The smallest absolute Gasteiger partial charge is 0.329 e. The molecule has 1 aromatic carbocycles. The summed E-state index contributed by atoms with van der Waals surface area (Å²) in [6.07, 6.45) is 0.625. The molecule has 2 rings (SSSR count). The highest BCUT2D eigenvalue weighted by atomic mass is 35.5. The molecule has 0 aliphatic heterocycles. The third kappa shape index (κ3) is 3.62. The number of halogens is 1. The van der Waals surface area contributed by atoms with Crippen LogP contribution in [0.4, 0.5) is 5.82 Å². The summed E-state index contributed by atoms with van der Waals surface area (Å²) in [4.78, 5) is 38.0. The van der Waals surface area contributed by atoms with Crippen molar-refractivity contribution in [1.82, 2.24) is 9.55 Å². The average molecular weight is 338 g/mol. The highest BCUT2D eigenvalue weighted by molar-refractivity contribution is 6.32. The third-order valence-corrected chi connectivity index (χ3v) is 3.47. The Balaban J connectivity index is 2.29. The molecular weight excluding hydrogens is 322 g/mol. The van der Waals surface area contributed by atoms with E-state index >= 15 is 0 Å². The van der Waals surface area contributed by atoms with Gasteiger partial charge in [0, 0.05) is 6.54 Å². The highest BCUT2D eigenvalue weighted by Gasteiger charge is 2.19. The van der Waals surface area contributed by atoms with E-state index in [1.54, 1.807) is 24.3 Å². The van der Waals surface area contributed by atoms with E-state index in [-0.39, 0.29) is 11.4 Å². The topological polar surface area (TPSA) is 107 Å². The van der Waals surface area contributed by atoms with Gasteiger partial charge in [-0.15, -0.1) is 0 Å². The van der Waals surface area contributed by atoms with E-state index in [1.807, 2.05) is 6.92 Å². The number of carbonyl (C=O) groups excluding carboxylic acids is 1. The fourth-order valence-electron chi connectivity index (χ4n) is 2.08. The minimum Gasteiger partial charge on any atom is -0.484 e. The second-order valence-electron chi connectivity index (χ2n) is 4.81. The molecule has 7 nitrogen and oxygen atoms in total. The van der Waals surface area contributed by atoms with Crippen LogP contribution in [-0.2, 0) is 6.54 Å². The number of anilines is 1. The van der Waals surface area contributed by atoms with Gasteiger partial charge in [-0.25, -0.2) is 4.79 Å². The summed E-state index contributed by atoms with van der Waals surface area (Å²) in [5.74, 6) is -0.471. The van der Waals surface area contributed by atoms with Crippen LogP contribution < -0.4 is 21.7 Å². The second-order valence-corrected chi connectivity index (χ2v) is 5.22. The van der Waals surface area contributed by atoms with Gasteiger partial charge in [-0.1, -0.05) is 30.7 Å². The van der Waals surface area contributed by atoms with Gasteiger partial charge in [0.1, 0.15) is 17.1 Å². The van der Waals surface area contributed by atoms with Gasteiger partial charge in [-0.05, 0) is 18.6 Å². The van der Waals surface area contributed by atoms with Crippen molar-refractivity contribution in [3.63, 3.8) is 0 Å². The van der Waals surface area contributed by atoms with Crippen LogP contribution in [0.25, 0.3) is 0 Å². The summed E-state index contributed by atoms with van der Waals surface area (Å²) in [5, 5.41) is 0.345. The standard InChI is InChI=1S/C15H16ClN3O4/c1-2-7-19-13(17)12(14(21)18-15(19)22)10(20)8-23-11-6-4-3-5-9(11)16/h3-6H,2,7-8,17H2,1H3,(H,18,21,22). The molecule has 0 aliphatic rings. The largest absolute Gasteiger partial charge is 0.484 e. The molecule has 0 radical (unpaired) electrons. The van der Waals surface area contributed by atoms with Crippen LogP contribution in [0.1, 0.15) is 23.7 Å². The molecule has 0 atom stereocenters. The number of H-pyrrole nitrogens is 1. The molecule has 0 aliphatic carbocycles. The van der Waals surface area contributed by atoms with Crippen LogP contribution in [0.5, 0.6) is 5.75 Å². The number of rotatable bonds is 6. The van der Waals surface area contributed by atoms with E-state index in [9.17, 15) is 14.4 Å². The minimum atomic E-state index is -0.826. The van der Waals surface area contributed by atoms with Crippen molar-refractivity contribution in [2.45, 2.75) is 19.9 Å². The van der Waals surface area contributed by atoms with Gasteiger partial charge < -0.3 is 10.5 Å². The molecule has 23 heavy (non-hydrogen) atoms. The van der Waals surface area contributed by atoms with E-state index in [0.29, 0.717) is 23.7 Å². The Kier molecular flexibility index (Phi) is 5.23. The summed E-state index contributed by atoms with van der Waals surface area (Å²) in [6.45, 7) is 1.73. The molecule has 122 valence electrons. The van der Waals surface area contributed by atoms with E-state index in [2.05, 4.69) is 4.98 Å². The molecule has 3 N–H and O–H groups in total. The predicted molar refractivity (Wildman–Crippen MR) is 87.3 cm³/mol. The number of ketones is 1. The number of benzene rings is 1. The van der Waals surface area contributed by atoms with Crippen molar-refractivity contribution >= 4 is 23.2 Å². The van der Waals surface area contributed by atoms with Gasteiger partial charge in [0.15, 0.2) is 6.61 Å². The minimum absolute atomic E-state index is 0.159. The van der Waals surface area contributed by atoms with Crippen LogP contribution >= 0.6 is 11.6 Å². The van der Waals surface area contributed by atoms with Crippen LogP contribution in [0.15, 0.2) is 33.9 Å². The van der Waals surface area contributed by atoms with Crippen molar-refractivity contribution in [3.8, 4) is 5.75 Å². The fraction of sp³-hybridized carbons (Fsp3) is 0.267. The number of nitrogens with one attached hydrogen (secondary N) is 1. The number of carbonyl (C=O) groups is 1. The third-order valence-electron chi connectivity index (χ3n) is 3.16. The number of aromatic amines is 1. The lowest BCUT2D eigenvalue weighted by Gasteiger charge is -2.12. The fourth-order valence-corrected chi connectivity index (χ4v) is 2.27. The molecule has 0 bridgehead atoms. The summed E-state index contributed by atoms with van der Waals surface area (Å²) in [6, 6.07) is 6.64. The number of hydrogen-bond donors (Lipinski definition) is 2. The molecule has 0 spiro atoms. The number of aromatic nitrogens is 2. The number of nitrogens with zero attached hydrogens (tertiary/aromatic N) is 1. The van der Waals surface area contributed by atoms with Crippen LogP contribution in [0.2, 0.25) is 5.02 Å². The monoisotopic (exact) mass is 337 g/mol. The highest BCUT2D eigenvalue weighted by Crippen LogP contribution is 2.23. The Morgan fingerprint density at radius 2 is 2.04 bits per heavy atom. The Morgan fingerprint density at radius 3 is 2.70 bits per heavy atom. The van der Waals surface area contributed by atoms with Crippen LogP contribution in [0.3, 0.4) is 0 Å².